The first-order valence-electron chi connectivity index (χ1n) is 7.39. The van der Waals surface area contributed by atoms with Crippen LogP contribution < -0.4 is 10.6 Å². The molecule has 3 saturated heterocycles. The monoisotopic (exact) mass is 332 g/mol. The summed E-state index contributed by atoms with van der Waals surface area (Å²) in [7, 11) is 1.43. The van der Waals surface area contributed by atoms with Crippen molar-refractivity contribution < 1.29 is 38.4 Å². The van der Waals surface area contributed by atoms with Gasteiger partial charge in [0, 0.05) is 7.05 Å². The van der Waals surface area contributed by atoms with Gasteiger partial charge in [-0.3, -0.25) is 9.59 Å². The Hall–Kier alpha value is -1.30. The molecule has 3 heterocycles. The van der Waals surface area contributed by atoms with Gasteiger partial charge < -0.3 is 39.4 Å². The van der Waals surface area contributed by atoms with Crippen LogP contribution in [0.4, 0.5) is 0 Å². The van der Waals surface area contributed by atoms with E-state index >= 15 is 0 Å². The number of ether oxygens (including phenoxy) is 5. The van der Waals surface area contributed by atoms with Crippen LogP contribution in [0, 0.1) is 0 Å². The number of hydrogen-bond donors (Lipinski definition) is 3. The van der Waals surface area contributed by atoms with E-state index in [1.807, 2.05) is 0 Å². The Bertz CT molecular complexity index is 475. The lowest BCUT2D eigenvalue weighted by Gasteiger charge is -2.23. The van der Waals surface area contributed by atoms with Crippen molar-refractivity contribution in [3.8, 4) is 0 Å². The van der Waals surface area contributed by atoms with E-state index < -0.39 is 48.9 Å². The van der Waals surface area contributed by atoms with Gasteiger partial charge in [0.25, 0.3) is 0 Å². The minimum atomic E-state index is -1.07. The average Bonchev–Trinajstić information content (AvgIpc) is 3.16. The SMILES string of the molecule is CNC(=O)CC(=O)NC1OC2OC(C3COC(C)O3)C(O)C2O1. The third-order valence-corrected chi connectivity index (χ3v) is 3.88. The molecule has 2 amide bonds. The first-order valence-corrected chi connectivity index (χ1v) is 7.39. The van der Waals surface area contributed by atoms with Crippen LogP contribution in [0.3, 0.4) is 0 Å². The number of aliphatic hydroxyl groups is 1. The Morgan fingerprint density at radius 3 is 2.52 bits per heavy atom. The molecule has 0 spiro atoms. The van der Waals surface area contributed by atoms with Crippen LogP contribution in [0.15, 0.2) is 0 Å². The standard InChI is InChI=1S/C13H20N2O8/c1-5-19-4-6(20-5)10-9(18)11-12(21-10)23-13(22-11)15-8(17)3-7(16)14-2/h5-6,9-13,18H,3-4H2,1-2H3,(H,14,16)(H,15,17). The molecular formula is C13H20N2O8. The maximum absolute atomic E-state index is 11.6. The van der Waals surface area contributed by atoms with Gasteiger partial charge in [0.1, 0.15) is 30.8 Å². The zero-order chi connectivity index (χ0) is 16.6. The molecule has 0 aromatic heterocycles. The zero-order valence-electron chi connectivity index (χ0n) is 12.8. The second kappa shape index (κ2) is 6.67. The third-order valence-electron chi connectivity index (χ3n) is 3.88. The van der Waals surface area contributed by atoms with Gasteiger partial charge >= 0.3 is 0 Å². The van der Waals surface area contributed by atoms with Crippen molar-refractivity contribution >= 4 is 11.8 Å². The fraction of sp³-hybridized carbons (Fsp3) is 0.846. The summed E-state index contributed by atoms with van der Waals surface area (Å²) in [4.78, 5) is 22.7. The summed E-state index contributed by atoms with van der Waals surface area (Å²) in [5.74, 6) is -0.980. The van der Waals surface area contributed by atoms with Gasteiger partial charge in [-0.05, 0) is 6.92 Å². The molecule has 10 nitrogen and oxygen atoms in total. The van der Waals surface area contributed by atoms with Crippen molar-refractivity contribution in [2.45, 2.75) is 56.8 Å². The van der Waals surface area contributed by atoms with E-state index in [2.05, 4.69) is 10.6 Å². The third kappa shape index (κ3) is 3.47. The van der Waals surface area contributed by atoms with Gasteiger partial charge in [-0.1, -0.05) is 0 Å². The molecule has 0 bridgehead atoms. The van der Waals surface area contributed by atoms with Gasteiger partial charge in [0.15, 0.2) is 12.6 Å². The summed E-state index contributed by atoms with van der Waals surface area (Å²) in [5, 5.41) is 15.0. The maximum atomic E-state index is 11.6. The van der Waals surface area contributed by atoms with Crippen LogP contribution in [0.2, 0.25) is 0 Å². The topological polar surface area (TPSA) is 125 Å². The van der Waals surface area contributed by atoms with Crippen molar-refractivity contribution in [1.29, 1.82) is 0 Å². The molecule has 23 heavy (non-hydrogen) atoms. The zero-order valence-corrected chi connectivity index (χ0v) is 12.8. The molecule has 3 aliphatic heterocycles. The molecule has 0 aromatic carbocycles. The van der Waals surface area contributed by atoms with E-state index in [0.717, 1.165) is 0 Å². The lowest BCUT2D eigenvalue weighted by molar-refractivity contribution is -0.198. The highest BCUT2D eigenvalue weighted by Gasteiger charge is 2.55. The lowest BCUT2D eigenvalue weighted by Crippen LogP contribution is -2.43. The van der Waals surface area contributed by atoms with Crippen molar-refractivity contribution in [1.82, 2.24) is 10.6 Å². The largest absolute Gasteiger partial charge is 0.387 e. The van der Waals surface area contributed by atoms with Gasteiger partial charge in [-0.25, -0.2) is 0 Å². The second-order valence-corrected chi connectivity index (χ2v) is 5.52. The number of rotatable bonds is 4. The summed E-state index contributed by atoms with van der Waals surface area (Å²) in [6.45, 7) is 2.07. The number of aliphatic hydroxyl groups excluding tert-OH is 1. The minimum Gasteiger partial charge on any atom is -0.387 e. The van der Waals surface area contributed by atoms with Crippen LogP contribution in [0.5, 0.6) is 0 Å². The predicted octanol–water partition coefficient (Wildman–Crippen LogP) is -2.22. The fourth-order valence-corrected chi connectivity index (χ4v) is 2.73. The van der Waals surface area contributed by atoms with Crippen molar-refractivity contribution in [3.05, 3.63) is 0 Å². The van der Waals surface area contributed by atoms with Crippen LogP contribution in [0.1, 0.15) is 13.3 Å². The molecule has 3 rings (SSSR count). The number of carbonyl (C=O) groups excluding carboxylic acids is 2. The number of nitrogens with one attached hydrogen (secondary N) is 2. The lowest BCUT2D eigenvalue weighted by atomic mass is 10.1. The molecule has 3 N–H and O–H groups in total. The molecular weight excluding hydrogens is 312 g/mol. The van der Waals surface area contributed by atoms with Crippen molar-refractivity contribution in [2.24, 2.45) is 0 Å². The van der Waals surface area contributed by atoms with Crippen LogP contribution in [-0.4, -0.2) is 74.0 Å². The number of fused-ring (bicyclic) bond motifs is 1. The van der Waals surface area contributed by atoms with Gasteiger partial charge in [-0.2, -0.15) is 0 Å². The Balaban J connectivity index is 1.50. The smallest absolute Gasteiger partial charge is 0.243 e. The normalized spacial score (nSPS) is 42.5. The molecule has 10 heteroatoms. The number of hydrogen-bond acceptors (Lipinski definition) is 8. The van der Waals surface area contributed by atoms with E-state index in [-0.39, 0.29) is 12.7 Å². The van der Waals surface area contributed by atoms with E-state index in [9.17, 15) is 14.7 Å². The highest BCUT2D eigenvalue weighted by molar-refractivity contribution is 5.96. The number of carbonyl (C=O) groups is 2. The van der Waals surface area contributed by atoms with Gasteiger partial charge in [0.2, 0.25) is 18.2 Å². The maximum Gasteiger partial charge on any atom is 0.243 e. The van der Waals surface area contributed by atoms with E-state index in [1.54, 1.807) is 6.92 Å². The van der Waals surface area contributed by atoms with E-state index in [1.165, 1.54) is 7.05 Å². The summed E-state index contributed by atoms with van der Waals surface area (Å²) in [6.07, 6.45) is -5.33. The molecule has 0 saturated carbocycles. The molecule has 7 unspecified atom stereocenters. The fourth-order valence-electron chi connectivity index (χ4n) is 2.73. The van der Waals surface area contributed by atoms with E-state index in [0.29, 0.717) is 6.61 Å². The molecule has 130 valence electrons. The van der Waals surface area contributed by atoms with Crippen molar-refractivity contribution in [2.75, 3.05) is 13.7 Å². The first kappa shape index (κ1) is 16.6. The second-order valence-electron chi connectivity index (χ2n) is 5.52. The van der Waals surface area contributed by atoms with Gasteiger partial charge in [-0.15, -0.1) is 0 Å². The molecule has 3 aliphatic rings. The molecule has 3 fully saturated rings. The molecule has 7 atom stereocenters. The summed E-state index contributed by atoms with van der Waals surface area (Å²) >= 11 is 0. The Morgan fingerprint density at radius 1 is 1.13 bits per heavy atom. The van der Waals surface area contributed by atoms with Crippen LogP contribution >= 0.6 is 0 Å². The molecule has 0 aliphatic carbocycles. The average molecular weight is 332 g/mol. The minimum absolute atomic E-state index is 0.314. The van der Waals surface area contributed by atoms with E-state index in [4.69, 9.17) is 23.7 Å². The van der Waals surface area contributed by atoms with Crippen LogP contribution in [0.25, 0.3) is 0 Å². The highest BCUT2D eigenvalue weighted by Crippen LogP contribution is 2.35. The Labute approximate surface area is 132 Å². The molecule has 0 aromatic rings. The predicted molar refractivity (Wildman–Crippen MR) is 71.5 cm³/mol. The first-order chi connectivity index (χ1) is 11.0. The number of amides is 2. The van der Waals surface area contributed by atoms with Crippen LogP contribution in [-0.2, 0) is 33.3 Å². The summed E-state index contributed by atoms with van der Waals surface area (Å²) in [6, 6.07) is 0. The Kier molecular flexibility index (Phi) is 4.80. The highest BCUT2D eigenvalue weighted by atomic mass is 16.8. The van der Waals surface area contributed by atoms with Crippen molar-refractivity contribution in [3.63, 3.8) is 0 Å². The summed E-state index contributed by atoms with van der Waals surface area (Å²) in [5.41, 5.74) is 0. The summed E-state index contributed by atoms with van der Waals surface area (Å²) < 4.78 is 27.2. The molecule has 0 radical (unpaired) electrons. The van der Waals surface area contributed by atoms with Gasteiger partial charge in [0.05, 0.1) is 6.61 Å². The quantitative estimate of drug-likeness (QED) is 0.495. The Morgan fingerprint density at radius 2 is 1.91 bits per heavy atom.